The lowest BCUT2D eigenvalue weighted by molar-refractivity contribution is -0.121. The van der Waals surface area contributed by atoms with Gasteiger partial charge in [0.05, 0.1) is 6.04 Å². The SMILES string of the molecule is CN(CCN)C1CCN(c2ccccc2)C1=O. The maximum atomic E-state index is 12.3. The Morgan fingerprint density at radius 3 is 2.76 bits per heavy atom. The first-order valence-electron chi connectivity index (χ1n) is 6.01. The van der Waals surface area contributed by atoms with E-state index in [2.05, 4.69) is 0 Å². The van der Waals surface area contributed by atoms with Crippen molar-refractivity contribution in [3.63, 3.8) is 0 Å². The third-order valence-corrected chi connectivity index (χ3v) is 3.26. The van der Waals surface area contributed by atoms with Gasteiger partial charge in [0.1, 0.15) is 0 Å². The fraction of sp³-hybridized carbons (Fsp3) is 0.462. The molecule has 1 atom stereocenters. The zero-order chi connectivity index (χ0) is 12.3. The number of anilines is 1. The second kappa shape index (κ2) is 5.29. The lowest BCUT2D eigenvalue weighted by Gasteiger charge is -2.23. The van der Waals surface area contributed by atoms with Gasteiger partial charge in [-0.25, -0.2) is 0 Å². The molecular formula is C13H19N3O. The topological polar surface area (TPSA) is 49.6 Å². The molecule has 0 saturated carbocycles. The van der Waals surface area contributed by atoms with E-state index in [0.717, 1.165) is 25.2 Å². The molecule has 1 aliphatic rings. The molecule has 0 spiro atoms. The number of likely N-dealkylation sites (N-methyl/N-ethyl adjacent to an activating group) is 1. The van der Waals surface area contributed by atoms with Crippen LogP contribution < -0.4 is 10.6 Å². The monoisotopic (exact) mass is 233 g/mol. The molecule has 2 N–H and O–H groups in total. The molecule has 1 heterocycles. The van der Waals surface area contributed by atoms with Gasteiger partial charge in [-0.1, -0.05) is 18.2 Å². The number of benzene rings is 1. The summed E-state index contributed by atoms with van der Waals surface area (Å²) in [5, 5.41) is 0. The molecule has 4 heteroatoms. The molecule has 1 aromatic rings. The molecule has 1 aromatic carbocycles. The van der Waals surface area contributed by atoms with Crippen molar-refractivity contribution in [1.82, 2.24) is 4.90 Å². The summed E-state index contributed by atoms with van der Waals surface area (Å²) >= 11 is 0. The Hall–Kier alpha value is -1.39. The van der Waals surface area contributed by atoms with Crippen molar-refractivity contribution in [2.75, 3.05) is 31.6 Å². The second-order valence-corrected chi connectivity index (χ2v) is 4.40. The Balaban J connectivity index is 2.08. The van der Waals surface area contributed by atoms with Crippen LogP contribution in [0.2, 0.25) is 0 Å². The number of amides is 1. The van der Waals surface area contributed by atoms with Crippen LogP contribution in [0, 0.1) is 0 Å². The van der Waals surface area contributed by atoms with Crippen molar-refractivity contribution in [3.05, 3.63) is 30.3 Å². The van der Waals surface area contributed by atoms with E-state index < -0.39 is 0 Å². The molecular weight excluding hydrogens is 214 g/mol. The van der Waals surface area contributed by atoms with Crippen molar-refractivity contribution < 1.29 is 4.79 Å². The normalized spacial score (nSPS) is 20.3. The number of carbonyl (C=O) groups excluding carboxylic acids is 1. The second-order valence-electron chi connectivity index (χ2n) is 4.40. The number of hydrogen-bond acceptors (Lipinski definition) is 3. The lowest BCUT2D eigenvalue weighted by Crippen LogP contribution is -2.41. The third-order valence-electron chi connectivity index (χ3n) is 3.26. The van der Waals surface area contributed by atoms with E-state index in [0.29, 0.717) is 6.54 Å². The van der Waals surface area contributed by atoms with E-state index >= 15 is 0 Å². The summed E-state index contributed by atoms with van der Waals surface area (Å²) in [5.41, 5.74) is 6.51. The Morgan fingerprint density at radius 1 is 1.41 bits per heavy atom. The minimum absolute atomic E-state index is 0.0150. The highest BCUT2D eigenvalue weighted by molar-refractivity contribution is 5.99. The zero-order valence-corrected chi connectivity index (χ0v) is 10.2. The summed E-state index contributed by atoms with van der Waals surface area (Å²) in [4.78, 5) is 16.2. The largest absolute Gasteiger partial charge is 0.329 e. The van der Waals surface area contributed by atoms with E-state index in [-0.39, 0.29) is 11.9 Å². The van der Waals surface area contributed by atoms with Crippen LogP contribution in [0.1, 0.15) is 6.42 Å². The van der Waals surface area contributed by atoms with Crippen molar-refractivity contribution in [2.24, 2.45) is 5.73 Å². The molecule has 17 heavy (non-hydrogen) atoms. The molecule has 0 bridgehead atoms. The van der Waals surface area contributed by atoms with Crippen molar-refractivity contribution in [1.29, 1.82) is 0 Å². The Bertz CT molecular complexity index is 380. The van der Waals surface area contributed by atoms with E-state index in [1.807, 2.05) is 47.2 Å². The average molecular weight is 233 g/mol. The number of para-hydroxylation sites is 1. The molecule has 0 radical (unpaired) electrons. The lowest BCUT2D eigenvalue weighted by atomic mass is 10.2. The zero-order valence-electron chi connectivity index (χ0n) is 10.2. The molecule has 1 aliphatic heterocycles. The maximum Gasteiger partial charge on any atom is 0.244 e. The van der Waals surface area contributed by atoms with Gasteiger partial charge in [-0.3, -0.25) is 9.69 Å². The first kappa shape index (κ1) is 12.1. The molecule has 1 unspecified atom stereocenters. The summed E-state index contributed by atoms with van der Waals surface area (Å²) in [6.45, 7) is 2.15. The predicted octanol–water partition coefficient (Wildman–Crippen LogP) is 0.682. The molecule has 1 amide bonds. The minimum atomic E-state index is -0.0150. The number of rotatable bonds is 4. The van der Waals surface area contributed by atoms with Crippen LogP contribution in [-0.4, -0.2) is 43.5 Å². The summed E-state index contributed by atoms with van der Waals surface area (Å²) in [6, 6.07) is 9.81. The van der Waals surface area contributed by atoms with Crippen LogP contribution in [0.25, 0.3) is 0 Å². The average Bonchev–Trinajstić information content (AvgIpc) is 2.72. The van der Waals surface area contributed by atoms with Gasteiger partial charge in [0, 0.05) is 25.3 Å². The van der Waals surface area contributed by atoms with E-state index in [9.17, 15) is 4.79 Å². The number of carbonyl (C=O) groups is 1. The van der Waals surface area contributed by atoms with Gasteiger partial charge in [-0.15, -0.1) is 0 Å². The van der Waals surface area contributed by atoms with Crippen molar-refractivity contribution in [2.45, 2.75) is 12.5 Å². The highest BCUT2D eigenvalue weighted by Gasteiger charge is 2.34. The fourth-order valence-electron chi connectivity index (χ4n) is 2.30. The van der Waals surface area contributed by atoms with Gasteiger partial charge in [0.15, 0.2) is 0 Å². The standard InChI is InChI=1S/C13H19N3O/c1-15(10-8-14)12-7-9-16(13(12)17)11-5-3-2-4-6-11/h2-6,12H,7-10,14H2,1H3. The number of nitrogens with zero attached hydrogens (tertiary/aromatic N) is 2. The first-order chi connectivity index (χ1) is 8.24. The number of nitrogens with two attached hydrogens (primary N) is 1. The minimum Gasteiger partial charge on any atom is -0.329 e. The summed E-state index contributed by atoms with van der Waals surface area (Å²) in [7, 11) is 1.96. The molecule has 4 nitrogen and oxygen atoms in total. The first-order valence-corrected chi connectivity index (χ1v) is 6.01. The predicted molar refractivity (Wildman–Crippen MR) is 68.9 cm³/mol. The number of hydrogen-bond donors (Lipinski definition) is 1. The van der Waals surface area contributed by atoms with Crippen LogP contribution in [0.3, 0.4) is 0 Å². The van der Waals surface area contributed by atoms with E-state index in [1.165, 1.54) is 0 Å². The van der Waals surface area contributed by atoms with Crippen LogP contribution >= 0.6 is 0 Å². The van der Waals surface area contributed by atoms with Gasteiger partial charge >= 0.3 is 0 Å². The quantitative estimate of drug-likeness (QED) is 0.832. The summed E-state index contributed by atoms with van der Waals surface area (Å²) < 4.78 is 0. The van der Waals surface area contributed by atoms with Crippen LogP contribution in [0.4, 0.5) is 5.69 Å². The van der Waals surface area contributed by atoms with E-state index in [4.69, 9.17) is 5.73 Å². The summed E-state index contributed by atoms with van der Waals surface area (Å²) in [5.74, 6) is 0.187. The van der Waals surface area contributed by atoms with E-state index in [1.54, 1.807) is 0 Å². The van der Waals surface area contributed by atoms with Crippen molar-refractivity contribution >= 4 is 11.6 Å². The van der Waals surface area contributed by atoms with Gasteiger partial charge in [0.2, 0.25) is 5.91 Å². The van der Waals surface area contributed by atoms with Gasteiger partial charge in [0.25, 0.3) is 0 Å². The van der Waals surface area contributed by atoms with Crippen LogP contribution in [0.15, 0.2) is 30.3 Å². The van der Waals surface area contributed by atoms with Crippen LogP contribution in [-0.2, 0) is 4.79 Å². The molecule has 0 aliphatic carbocycles. The van der Waals surface area contributed by atoms with Crippen molar-refractivity contribution in [3.8, 4) is 0 Å². The Labute approximate surface area is 102 Å². The highest BCUT2D eigenvalue weighted by atomic mass is 16.2. The maximum absolute atomic E-state index is 12.3. The molecule has 1 saturated heterocycles. The highest BCUT2D eigenvalue weighted by Crippen LogP contribution is 2.23. The van der Waals surface area contributed by atoms with Gasteiger partial charge < -0.3 is 10.6 Å². The fourth-order valence-corrected chi connectivity index (χ4v) is 2.30. The third kappa shape index (κ3) is 2.48. The van der Waals surface area contributed by atoms with Gasteiger partial charge in [-0.05, 0) is 25.6 Å². The molecule has 92 valence electrons. The van der Waals surface area contributed by atoms with Crippen LogP contribution in [0.5, 0.6) is 0 Å². The summed E-state index contributed by atoms with van der Waals surface area (Å²) in [6.07, 6.45) is 0.879. The molecule has 0 aromatic heterocycles. The van der Waals surface area contributed by atoms with Gasteiger partial charge in [-0.2, -0.15) is 0 Å². The Kier molecular flexibility index (Phi) is 3.76. The smallest absolute Gasteiger partial charge is 0.244 e. The Morgan fingerprint density at radius 2 is 2.12 bits per heavy atom. The molecule has 2 rings (SSSR count). The molecule has 1 fully saturated rings.